The fourth-order valence-electron chi connectivity index (χ4n) is 2.47. The van der Waals surface area contributed by atoms with Crippen LogP contribution in [0.15, 0.2) is 18.2 Å². The topological polar surface area (TPSA) is 38.0 Å². The number of hydrogen-bond donors (Lipinski definition) is 2. The summed E-state index contributed by atoms with van der Waals surface area (Å²) in [5.74, 6) is 0. The van der Waals surface area contributed by atoms with E-state index in [2.05, 4.69) is 31.3 Å². The molecule has 0 saturated heterocycles. The Morgan fingerprint density at radius 2 is 2.27 bits per heavy atom. The second-order valence-electron chi connectivity index (χ2n) is 4.85. The van der Waals surface area contributed by atoms with Crippen molar-refractivity contribution in [2.75, 3.05) is 11.1 Å². The van der Waals surface area contributed by atoms with Crippen LogP contribution in [-0.4, -0.2) is 5.54 Å². The van der Waals surface area contributed by atoms with Crippen LogP contribution in [0.5, 0.6) is 0 Å². The maximum atomic E-state index is 5.80. The first-order valence-corrected chi connectivity index (χ1v) is 5.79. The van der Waals surface area contributed by atoms with Crippen molar-refractivity contribution in [2.45, 2.75) is 45.1 Å². The maximum absolute atomic E-state index is 5.80. The third-order valence-corrected chi connectivity index (χ3v) is 3.32. The maximum Gasteiger partial charge on any atom is 0.0397 e. The summed E-state index contributed by atoms with van der Waals surface area (Å²) in [6.45, 7) is 4.55. The molecule has 1 aromatic rings. The molecule has 0 radical (unpaired) electrons. The van der Waals surface area contributed by atoms with Crippen LogP contribution < -0.4 is 11.1 Å². The lowest BCUT2D eigenvalue weighted by Gasteiger charge is -2.37. The smallest absolute Gasteiger partial charge is 0.0397 e. The highest BCUT2D eigenvalue weighted by molar-refractivity contribution is 5.62. The first-order valence-electron chi connectivity index (χ1n) is 5.79. The van der Waals surface area contributed by atoms with Crippen LogP contribution in [0.2, 0.25) is 0 Å². The van der Waals surface area contributed by atoms with E-state index in [-0.39, 0.29) is 5.54 Å². The Bertz CT molecular complexity index is 360. The molecule has 2 nitrogen and oxygen atoms in total. The van der Waals surface area contributed by atoms with Crippen LogP contribution in [0.3, 0.4) is 0 Å². The predicted molar refractivity (Wildman–Crippen MR) is 66.1 cm³/mol. The molecule has 3 N–H and O–H groups in total. The Kier molecular flexibility index (Phi) is 2.59. The Morgan fingerprint density at radius 3 is 3.00 bits per heavy atom. The first kappa shape index (κ1) is 10.3. The van der Waals surface area contributed by atoms with Gasteiger partial charge in [-0.1, -0.05) is 19.4 Å². The van der Waals surface area contributed by atoms with Gasteiger partial charge in [0.1, 0.15) is 0 Å². The number of anilines is 2. The number of aryl methyl sites for hydroxylation is 1. The molecule has 1 unspecified atom stereocenters. The number of benzene rings is 1. The molecule has 82 valence electrons. The van der Waals surface area contributed by atoms with Gasteiger partial charge < -0.3 is 11.1 Å². The minimum Gasteiger partial charge on any atom is -0.399 e. The Labute approximate surface area is 91.9 Å². The van der Waals surface area contributed by atoms with Crippen molar-refractivity contribution in [3.8, 4) is 0 Å². The lowest BCUT2D eigenvalue weighted by molar-refractivity contribution is 0.421. The van der Waals surface area contributed by atoms with E-state index in [4.69, 9.17) is 5.73 Å². The monoisotopic (exact) mass is 204 g/mol. The molecule has 1 atom stereocenters. The van der Waals surface area contributed by atoms with E-state index in [0.717, 1.165) is 5.69 Å². The zero-order valence-corrected chi connectivity index (χ0v) is 9.64. The van der Waals surface area contributed by atoms with E-state index in [9.17, 15) is 0 Å². The Morgan fingerprint density at radius 1 is 1.47 bits per heavy atom. The van der Waals surface area contributed by atoms with Crippen LogP contribution in [0.25, 0.3) is 0 Å². The summed E-state index contributed by atoms with van der Waals surface area (Å²) in [7, 11) is 0. The Balaban J connectivity index is 2.25. The van der Waals surface area contributed by atoms with Crippen LogP contribution in [-0.2, 0) is 6.42 Å². The van der Waals surface area contributed by atoms with Crippen LogP contribution in [0, 0.1) is 0 Å². The molecule has 0 bridgehead atoms. The highest BCUT2D eigenvalue weighted by Gasteiger charge is 2.27. The summed E-state index contributed by atoms with van der Waals surface area (Å²) < 4.78 is 0. The van der Waals surface area contributed by atoms with E-state index in [1.807, 2.05) is 6.07 Å². The number of nitrogens with one attached hydrogen (secondary N) is 1. The lowest BCUT2D eigenvalue weighted by Crippen LogP contribution is -2.38. The summed E-state index contributed by atoms with van der Waals surface area (Å²) in [6.07, 6.45) is 4.83. The third kappa shape index (κ3) is 2.09. The van der Waals surface area contributed by atoms with Gasteiger partial charge in [-0.15, -0.1) is 0 Å². The normalized spacial score (nSPS) is 24.4. The van der Waals surface area contributed by atoms with Gasteiger partial charge in [-0.2, -0.15) is 0 Å². The van der Waals surface area contributed by atoms with Crippen LogP contribution >= 0.6 is 0 Å². The fourth-order valence-corrected chi connectivity index (χ4v) is 2.47. The number of fused-ring (bicyclic) bond motifs is 1. The molecule has 0 spiro atoms. The summed E-state index contributed by atoms with van der Waals surface area (Å²) in [5.41, 5.74) is 9.55. The van der Waals surface area contributed by atoms with Crippen molar-refractivity contribution in [2.24, 2.45) is 0 Å². The Hall–Kier alpha value is -1.18. The number of hydrogen-bond acceptors (Lipinski definition) is 2. The quantitative estimate of drug-likeness (QED) is 0.726. The van der Waals surface area contributed by atoms with Gasteiger partial charge >= 0.3 is 0 Å². The predicted octanol–water partition coefficient (Wildman–Crippen LogP) is 3.19. The summed E-state index contributed by atoms with van der Waals surface area (Å²) in [5, 5.41) is 3.64. The van der Waals surface area contributed by atoms with Gasteiger partial charge in [0.2, 0.25) is 0 Å². The molecule has 1 aromatic carbocycles. The average molecular weight is 204 g/mol. The van der Waals surface area contributed by atoms with E-state index in [1.165, 1.54) is 36.9 Å². The molecule has 0 fully saturated rings. The van der Waals surface area contributed by atoms with Crippen LogP contribution in [0.1, 0.15) is 38.7 Å². The fraction of sp³-hybridized carbons (Fsp3) is 0.538. The van der Waals surface area contributed by atoms with Gasteiger partial charge in [0.15, 0.2) is 0 Å². The minimum atomic E-state index is 0.259. The standard InChI is InChI=1S/C13H20N2/c1-3-7-13(2)8-6-10-4-5-11(14)9-12(10)15-13/h4-5,9,15H,3,6-8,14H2,1-2H3. The highest BCUT2D eigenvalue weighted by Crippen LogP contribution is 2.34. The number of nitrogen functional groups attached to an aromatic ring is 1. The molecule has 2 rings (SSSR count). The van der Waals surface area contributed by atoms with Crippen molar-refractivity contribution in [1.82, 2.24) is 0 Å². The van der Waals surface area contributed by atoms with E-state index in [0.29, 0.717) is 0 Å². The molecule has 1 heterocycles. The van der Waals surface area contributed by atoms with Gasteiger partial charge in [0, 0.05) is 16.9 Å². The van der Waals surface area contributed by atoms with Gasteiger partial charge in [0.25, 0.3) is 0 Å². The van der Waals surface area contributed by atoms with Gasteiger partial charge in [-0.3, -0.25) is 0 Å². The molecule has 0 aromatic heterocycles. The van der Waals surface area contributed by atoms with Crippen molar-refractivity contribution < 1.29 is 0 Å². The summed E-state index contributed by atoms with van der Waals surface area (Å²) in [4.78, 5) is 0. The van der Waals surface area contributed by atoms with Crippen molar-refractivity contribution >= 4 is 11.4 Å². The van der Waals surface area contributed by atoms with Gasteiger partial charge in [-0.05, 0) is 43.9 Å². The average Bonchev–Trinajstić information content (AvgIpc) is 2.17. The van der Waals surface area contributed by atoms with Gasteiger partial charge in [0.05, 0.1) is 0 Å². The molecule has 1 aliphatic rings. The first-order chi connectivity index (χ1) is 7.13. The molecule has 1 aliphatic heterocycles. The third-order valence-electron chi connectivity index (χ3n) is 3.32. The van der Waals surface area contributed by atoms with E-state index >= 15 is 0 Å². The molecule has 2 heteroatoms. The van der Waals surface area contributed by atoms with Crippen molar-refractivity contribution in [1.29, 1.82) is 0 Å². The SMILES string of the molecule is CCCC1(C)CCc2ccc(N)cc2N1. The minimum absolute atomic E-state index is 0.259. The second kappa shape index (κ2) is 3.76. The molecular weight excluding hydrogens is 184 g/mol. The lowest BCUT2D eigenvalue weighted by atomic mass is 9.84. The number of nitrogens with two attached hydrogens (primary N) is 1. The molecular formula is C13H20N2. The number of rotatable bonds is 2. The van der Waals surface area contributed by atoms with Crippen LogP contribution in [0.4, 0.5) is 11.4 Å². The zero-order valence-electron chi connectivity index (χ0n) is 9.64. The highest BCUT2D eigenvalue weighted by atomic mass is 15.0. The summed E-state index contributed by atoms with van der Waals surface area (Å²) >= 11 is 0. The molecule has 0 aliphatic carbocycles. The zero-order chi connectivity index (χ0) is 10.9. The van der Waals surface area contributed by atoms with E-state index in [1.54, 1.807) is 0 Å². The van der Waals surface area contributed by atoms with Crippen molar-refractivity contribution in [3.05, 3.63) is 23.8 Å². The van der Waals surface area contributed by atoms with Crippen molar-refractivity contribution in [3.63, 3.8) is 0 Å². The molecule has 0 saturated carbocycles. The van der Waals surface area contributed by atoms with E-state index < -0.39 is 0 Å². The summed E-state index contributed by atoms with van der Waals surface area (Å²) in [6, 6.07) is 6.19. The second-order valence-corrected chi connectivity index (χ2v) is 4.85. The van der Waals surface area contributed by atoms with Gasteiger partial charge in [-0.25, -0.2) is 0 Å². The molecule has 15 heavy (non-hydrogen) atoms. The largest absolute Gasteiger partial charge is 0.399 e. The molecule has 0 amide bonds.